The predicted molar refractivity (Wildman–Crippen MR) is 126 cm³/mol. The quantitative estimate of drug-likeness (QED) is 0.530. The second kappa shape index (κ2) is 9.10. The molecule has 0 bridgehead atoms. The molecule has 32 heavy (non-hydrogen) atoms. The molecule has 1 aliphatic heterocycles. The van der Waals surface area contributed by atoms with Crippen molar-refractivity contribution in [3.8, 4) is 5.69 Å². The lowest BCUT2D eigenvalue weighted by Gasteiger charge is -2.28. The maximum absolute atomic E-state index is 11.5. The van der Waals surface area contributed by atoms with Crippen molar-refractivity contribution in [2.24, 2.45) is 0 Å². The first-order valence-corrected chi connectivity index (χ1v) is 10.8. The lowest BCUT2D eigenvalue weighted by molar-refractivity contribution is 0.0697. The van der Waals surface area contributed by atoms with Gasteiger partial charge < -0.3 is 24.6 Å². The summed E-state index contributed by atoms with van der Waals surface area (Å²) < 4.78 is 7.43. The first kappa shape index (κ1) is 22.0. The molecule has 0 radical (unpaired) electrons. The van der Waals surface area contributed by atoms with Gasteiger partial charge in [-0.2, -0.15) is 0 Å². The molecular formula is C24H26N4O3S. The number of aromatic nitrogens is 2. The number of pyridine rings is 1. The van der Waals surface area contributed by atoms with E-state index in [-0.39, 0.29) is 17.6 Å². The van der Waals surface area contributed by atoms with E-state index in [1.807, 2.05) is 31.2 Å². The average molecular weight is 451 g/mol. The van der Waals surface area contributed by atoms with Gasteiger partial charge in [0, 0.05) is 36.9 Å². The van der Waals surface area contributed by atoms with Crippen LogP contribution in [-0.4, -0.2) is 50.9 Å². The van der Waals surface area contributed by atoms with Gasteiger partial charge in [-0.1, -0.05) is 12.1 Å². The number of hydrogen-bond acceptors (Lipinski definition) is 4. The summed E-state index contributed by atoms with van der Waals surface area (Å²) in [5.41, 5.74) is 5.15. The molecule has 1 saturated heterocycles. The van der Waals surface area contributed by atoms with E-state index in [0.717, 1.165) is 28.3 Å². The van der Waals surface area contributed by atoms with Crippen molar-refractivity contribution < 1.29 is 14.6 Å². The topological polar surface area (TPSA) is 79.6 Å². The Morgan fingerprint density at radius 3 is 2.72 bits per heavy atom. The minimum Gasteiger partial charge on any atom is -0.478 e. The largest absolute Gasteiger partial charge is 0.478 e. The lowest BCUT2D eigenvalue weighted by atomic mass is 9.97. The Morgan fingerprint density at radius 2 is 2.03 bits per heavy atom. The van der Waals surface area contributed by atoms with Crippen LogP contribution in [0.2, 0.25) is 0 Å². The summed E-state index contributed by atoms with van der Waals surface area (Å²) in [5.74, 6) is -0.944. The van der Waals surface area contributed by atoms with Gasteiger partial charge in [0.05, 0.1) is 29.9 Å². The zero-order valence-corrected chi connectivity index (χ0v) is 19.1. The van der Waals surface area contributed by atoms with E-state index >= 15 is 0 Å². The Labute approximate surface area is 192 Å². The Bertz CT molecular complexity index is 1150. The molecule has 7 nitrogen and oxygen atoms in total. The van der Waals surface area contributed by atoms with Crippen LogP contribution in [0.25, 0.3) is 5.69 Å². The number of aromatic carboxylic acids is 1. The molecule has 0 aliphatic carbocycles. The molecule has 8 heteroatoms. The third-order valence-corrected chi connectivity index (χ3v) is 6.23. The van der Waals surface area contributed by atoms with E-state index in [1.54, 1.807) is 31.5 Å². The molecule has 2 aromatic heterocycles. The normalized spacial score (nSPS) is 18.1. The van der Waals surface area contributed by atoms with E-state index in [1.165, 1.54) is 0 Å². The predicted octanol–water partition coefficient (Wildman–Crippen LogP) is 3.81. The summed E-state index contributed by atoms with van der Waals surface area (Å²) in [6.45, 7) is 5.28. The number of carboxylic acids is 1. The number of methoxy groups -OCH3 is 1. The number of carboxylic acid groups (broad SMARTS) is 1. The molecule has 0 unspecified atom stereocenters. The summed E-state index contributed by atoms with van der Waals surface area (Å²) in [4.78, 5) is 18.2. The van der Waals surface area contributed by atoms with Crippen molar-refractivity contribution in [2.45, 2.75) is 25.9 Å². The maximum Gasteiger partial charge on any atom is 0.335 e. The van der Waals surface area contributed by atoms with Crippen molar-refractivity contribution in [3.05, 3.63) is 82.9 Å². The highest BCUT2D eigenvalue weighted by atomic mass is 32.1. The zero-order chi connectivity index (χ0) is 22.8. The average Bonchev–Trinajstić information content (AvgIpc) is 3.27. The second-order valence-corrected chi connectivity index (χ2v) is 8.22. The van der Waals surface area contributed by atoms with Gasteiger partial charge in [-0.05, 0) is 68.0 Å². The number of ether oxygens (including phenoxy) is 1. The molecule has 1 aromatic carbocycles. The van der Waals surface area contributed by atoms with Crippen LogP contribution in [0.1, 0.15) is 45.1 Å². The molecule has 0 amide bonds. The molecule has 0 spiro atoms. The fourth-order valence-electron chi connectivity index (χ4n) is 4.44. The minimum atomic E-state index is -0.944. The Balaban J connectivity index is 1.82. The van der Waals surface area contributed by atoms with E-state index in [9.17, 15) is 9.90 Å². The Kier molecular flexibility index (Phi) is 6.25. The van der Waals surface area contributed by atoms with Crippen LogP contribution in [0.4, 0.5) is 0 Å². The summed E-state index contributed by atoms with van der Waals surface area (Å²) in [5, 5.41) is 13.5. The van der Waals surface area contributed by atoms with Gasteiger partial charge in [0.1, 0.15) is 0 Å². The third kappa shape index (κ3) is 3.99. The molecule has 3 heterocycles. The van der Waals surface area contributed by atoms with Gasteiger partial charge in [0.25, 0.3) is 0 Å². The van der Waals surface area contributed by atoms with Gasteiger partial charge in [0.2, 0.25) is 0 Å². The van der Waals surface area contributed by atoms with E-state index < -0.39 is 5.97 Å². The number of benzene rings is 1. The van der Waals surface area contributed by atoms with Gasteiger partial charge in [-0.3, -0.25) is 4.98 Å². The van der Waals surface area contributed by atoms with Crippen LogP contribution in [0.5, 0.6) is 0 Å². The van der Waals surface area contributed by atoms with E-state index in [4.69, 9.17) is 17.0 Å². The van der Waals surface area contributed by atoms with Crippen molar-refractivity contribution in [1.29, 1.82) is 0 Å². The van der Waals surface area contributed by atoms with Gasteiger partial charge >= 0.3 is 5.97 Å². The van der Waals surface area contributed by atoms with Crippen LogP contribution in [0.3, 0.4) is 0 Å². The highest BCUT2D eigenvalue weighted by molar-refractivity contribution is 7.80. The van der Waals surface area contributed by atoms with Crippen LogP contribution in [-0.2, 0) is 4.74 Å². The number of thiocarbonyl (C=S) groups is 1. The van der Waals surface area contributed by atoms with Crippen molar-refractivity contribution in [3.63, 3.8) is 0 Å². The molecule has 1 aliphatic rings. The number of hydrogen-bond donors (Lipinski definition) is 2. The molecule has 2 atom stereocenters. The highest BCUT2D eigenvalue weighted by Crippen LogP contribution is 2.41. The van der Waals surface area contributed by atoms with Gasteiger partial charge in [0.15, 0.2) is 5.11 Å². The zero-order valence-electron chi connectivity index (χ0n) is 18.3. The van der Waals surface area contributed by atoms with Crippen LogP contribution in [0.15, 0.2) is 54.7 Å². The van der Waals surface area contributed by atoms with Crippen LogP contribution < -0.4 is 5.32 Å². The van der Waals surface area contributed by atoms with Crippen LogP contribution >= 0.6 is 12.2 Å². The standard InChI is InChI=1S/C24H26N4O3S/c1-15-13-19(16(2)28(15)18-8-6-7-17(14-18)23(29)30)22-21(20-9-4-5-10-25-20)26-24(32)27(22)11-12-31-3/h4-10,13-14,21-22H,11-12H2,1-3H3,(H,26,32)(H,29,30)/t21-,22-/m0/s1. The molecule has 166 valence electrons. The van der Waals surface area contributed by atoms with Crippen molar-refractivity contribution in [2.75, 3.05) is 20.3 Å². The maximum atomic E-state index is 11.5. The van der Waals surface area contributed by atoms with Gasteiger partial charge in [-0.25, -0.2) is 4.79 Å². The van der Waals surface area contributed by atoms with Crippen LogP contribution in [0, 0.1) is 13.8 Å². The fraction of sp³-hybridized carbons (Fsp3) is 0.292. The molecule has 2 N–H and O–H groups in total. The fourth-order valence-corrected chi connectivity index (χ4v) is 4.77. The van der Waals surface area contributed by atoms with Crippen molar-refractivity contribution >= 4 is 23.3 Å². The number of carbonyl (C=O) groups is 1. The van der Waals surface area contributed by atoms with Gasteiger partial charge in [-0.15, -0.1) is 0 Å². The Hall–Kier alpha value is -3.23. The SMILES string of the molecule is COCCN1C(=S)N[C@@H](c2ccccn2)[C@@H]1c1cc(C)n(-c2cccc(C(=O)O)c2)c1C. The number of nitrogens with zero attached hydrogens (tertiary/aromatic N) is 3. The third-order valence-electron chi connectivity index (χ3n) is 5.87. The summed E-state index contributed by atoms with van der Waals surface area (Å²) in [6, 6.07) is 14.8. The molecule has 1 fully saturated rings. The minimum absolute atomic E-state index is 0.0739. The molecule has 3 aromatic rings. The molecule has 4 rings (SSSR count). The monoisotopic (exact) mass is 450 g/mol. The molecular weight excluding hydrogens is 424 g/mol. The highest BCUT2D eigenvalue weighted by Gasteiger charge is 2.41. The number of aryl methyl sites for hydroxylation is 1. The molecule has 0 saturated carbocycles. The lowest BCUT2D eigenvalue weighted by Crippen LogP contribution is -2.32. The van der Waals surface area contributed by atoms with E-state index in [2.05, 4.69) is 32.8 Å². The first-order chi connectivity index (χ1) is 15.4. The number of rotatable bonds is 7. The summed E-state index contributed by atoms with van der Waals surface area (Å²) >= 11 is 5.69. The first-order valence-electron chi connectivity index (χ1n) is 10.4. The van der Waals surface area contributed by atoms with E-state index in [0.29, 0.717) is 18.3 Å². The smallest absolute Gasteiger partial charge is 0.335 e. The van der Waals surface area contributed by atoms with Crippen molar-refractivity contribution in [1.82, 2.24) is 19.8 Å². The second-order valence-electron chi connectivity index (χ2n) is 7.83. The Morgan fingerprint density at radius 1 is 1.22 bits per heavy atom. The summed E-state index contributed by atoms with van der Waals surface area (Å²) in [6.07, 6.45) is 1.79. The summed E-state index contributed by atoms with van der Waals surface area (Å²) in [7, 11) is 1.68. The number of nitrogens with one attached hydrogen (secondary N) is 1.